The molecular weight excluding hydrogens is 332 g/mol. The molecule has 3 rings (SSSR count). The van der Waals surface area contributed by atoms with Crippen LogP contribution in [0.5, 0.6) is 5.75 Å². The van der Waals surface area contributed by atoms with E-state index in [0.29, 0.717) is 17.9 Å². The molecule has 2 aliphatic rings. The SMILES string of the molecule is CCC1Oc2cc(C(C)NC(=O)C3CC(F)(F)CN3)ccc2NC1=O. The zero-order chi connectivity index (χ0) is 18.2. The lowest BCUT2D eigenvalue weighted by molar-refractivity contribution is -0.124. The standard InChI is InChI=1S/C17H21F2N3O3/c1-3-13-16(24)22-11-5-4-10(6-14(11)25-13)9(2)21-15(23)12-7-17(18,19)8-20-12/h4-6,9,12-13,20H,3,7-8H2,1-2H3,(H,21,23)(H,22,24). The zero-order valence-corrected chi connectivity index (χ0v) is 14.1. The van der Waals surface area contributed by atoms with Crippen molar-refractivity contribution in [1.82, 2.24) is 10.6 Å². The number of benzene rings is 1. The fourth-order valence-corrected chi connectivity index (χ4v) is 3.00. The summed E-state index contributed by atoms with van der Waals surface area (Å²) in [5.74, 6) is -2.95. The summed E-state index contributed by atoms with van der Waals surface area (Å²) in [5, 5.41) is 8.05. The van der Waals surface area contributed by atoms with Crippen LogP contribution in [0.4, 0.5) is 14.5 Å². The predicted molar refractivity (Wildman–Crippen MR) is 87.7 cm³/mol. The number of fused-ring (bicyclic) bond motifs is 1. The summed E-state index contributed by atoms with van der Waals surface area (Å²) in [6.07, 6.45) is -0.496. The highest BCUT2D eigenvalue weighted by molar-refractivity contribution is 5.97. The Morgan fingerprint density at radius 3 is 2.88 bits per heavy atom. The van der Waals surface area contributed by atoms with E-state index in [1.54, 1.807) is 25.1 Å². The van der Waals surface area contributed by atoms with Gasteiger partial charge in [0.15, 0.2) is 6.10 Å². The fraction of sp³-hybridized carbons (Fsp3) is 0.529. The highest BCUT2D eigenvalue weighted by Gasteiger charge is 2.42. The molecule has 3 N–H and O–H groups in total. The first-order valence-electron chi connectivity index (χ1n) is 8.32. The summed E-state index contributed by atoms with van der Waals surface area (Å²) in [6, 6.07) is 3.94. The third-order valence-corrected chi connectivity index (χ3v) is 4.48. The van der Waals surface area contributed by atoms with Crippen LogP contribution in [0, 0.1) is 0 Å². The molecule has 8 heteroatoms. The van der Waals surface area contributed by atoms with Crippen molar-refractivity contribution in [3.05, 3.63) is 23.8 Å². The van der Waals surface area contributed by atoms with Gasteiger partial charge in [-0.2, -0.15) is 0 Å². The Morgan fingerprint density at radius 2 is 2.24 bits per heavy atom. The monoisotopic (exact) mass is 353 g/mol. The van der Waals surface area contributed by atoms with Crippen LogP contribution in [0.25, 0.3) is 0 Å². The van der Waals surface area contributed by atoms with Crippen molar-refractivity contribution >= 4 is 17.5 Å². The van der Waals surface area contributed by atoms with Crippen LogP contribution in [0.3, 0.4) is 0 Å². The molecule has 2 heterocycles. The molecule has 2 aliphatic heterocycles. The van der Waals surface area contributed by atoms with Crippen LogP contribution in [0.2, 0.25) is 0 Å². The second-order valence-electron chi connectivity index (χ2n) is 6.48. The quantitative estimate of drug-likeness (QED) is 0.773. The van der Waals surface area contributed by atoms with Gasteiger partial charge >= 0.3 is 0 Å². The predicted octanol–water partition coefficient (Wildman–Crippen LogP) is 1.97. The van der Waals surface area contributed by atoms with Crippen LogP contribution < -0.4 is 20.7 Å². The minimum absolute atomic E-state index is 0.183. The van der Waals surface area contributed by atoms with Gasteiger partial charge in [-0.3, -0.25) is 14.9 Å². The molecule has 1 saturated heterocycles. The lowest BCUT2D eigenvalue weighted by Gasteiger charge is -2.26. The van der Waals surface area contributed by atoms with Gasteiger partial charge in [0.1, 0.15) is 5.75 Å². The van der Waals surface area contributed by atoms with Gasteiger partial charge in [-0.25, -0.2) is 8.78 Å². The van der Waals surface area contributed by atoms with E-state index >= 15 is 0 Å². The second kappa shape index (κ2) is 6.59. The Balaban J connectivity index is 1.68. The lowest BCUT2D eigenvalue weighted by Crippen LogP contribution is -2.41. The molecule has 1 aromatic carbocycles. The summed E-state index contributed by atoms with van der Waals surface area (Å²) in [6.45, 7) is 3.14. The summed E-state index contributed by atoms with van der Waals surface area (Å²) >= 11 is 0. The zero-order valence-electron chi connectivity index (χ0n) is 14.1. The fourth-order valence-electron chi connectivity index (χ4n) is 3.00. The smallest absolute Gasteiger partial charge is 0.265 e. The maximum absolute atomic E-state index is 13.2. The van der Waals surface area contributed by atoms with Gasteiger partial charge < -0.3 is 15.4 Å². The van der Waals surface area contributed by atoms with Crippen molar-refractivity contribution in [2.45, 2.75) is 50.8 Å². The van der Waals surface area contributed by atoms with Gasteiger partial charge in [-0.1, -0.05) is 13.0 Å². The molecule has 136 valence electrons. The molecule has 6 nitrogen and oxygen atoms in total. The largest absolute Gasteiger partial charge is 0.478 e. The Bertz CT molecular complexity index is 696. The van der Waals surface area contributed by atoms with Crippen LogP contribution >= 0.6 is 0 Å². The first-order valence-corrected chi connectivity index (χ1v) is 8.32. The number of carbonyl (C=O) groups excluding carboxylic acids is 2. The molecule has 0 bridgehead atoms. The number of amides is 2. The number of hydrogen-bond donors (Lipinski definition) is 3. The topological polar surface area (TPSA) is 79.5 Å². The molecule has 3 atom stereocenters. The minimum Gasteiger partial charge on any atom is -0.478 e. The van der Waals surface area contributed by atoms with Gasteiger partial charge in [-0.05, 0) is 31.0 Å². The highest BCUT2D eigenvalue weighted by atomic mass is 19.3. The Kier molecular flexibility index (Phi) is 4.64. The van der Waals surface area contributed by atoms with E-state index in [1.807, 2.05) is 6.92 Å². The van der Waals surface area contributed by atoms with E-state index in [9.17, 15) is 18.4 Å². The number of halogens is 2. The molecule has 1 fully saturated rings. The Hall–Kier alpha value is -2.22. The van der Waals surface area contributed by atoms with Crippen LogP contribution in [-0.4, -0.2) is 36.4 Å². The number of alkyl halides is 2. The molecule has 0 saturated carbocycles. The van der Waals surface area contributed by atoms with E-state index in [-0.39, 0.29) is 11.9 Å². The highest BCUT2D eigenvalue weighted by Crippen LogP contribution is 2.33. The number of hydrogen-bond acceptors (Lipinski definition) is 4. The molecule has 3 unspecified atom stereocenters. The summed E-state index contributed by atoms with van der Waals surface area (Å²) in [5.41, 5.74) is 1.34. The van der Waals surface area contributed by atoms with Gasteiger partial charge in [0.2, 0.25) is 5.91 Å². The Labute approximate surface area is 144 Å². The summed E-state index contributed by atoms with van der Waals surface area (Å²) < 4.78 is 32.1. The van der Waals surface area contributed by atoms with Crippen molar-refractivity contribution < 1.29 is 23.1 Å². The summed E-state index contributed by atoms with van der Waals surface area (Å²) in [7, 11) is 0. The minimum atomic E-state index is -2.85. The lowest BCUT2D eigenvalue weighted by atomic mass is 10.0. The average Bonchev–Trinajstić information content (AvgIpc) is 2.93. The number of anilines is 1. The molecule has 0 aromatic heterocycles. The maximum Gasteiger partial charge on any atom is 0.265 e. The summed E-state index contributed by atoms with van der Waals surface area (Å²) in [4.78, 5) is 23.9. The second-order valence-corrected chi connectivity index (χ2v) is 6.48. The molecular formula is C17H21F2N3O3. The maximum atomic E-state index is 13.2. The molecule has 1 aromatic rings. The van der Waals surface area contributed by atoms with Gasteiger partial charge in [0.25, 0.3) is 11.8 Å². The molecule has 0 radical (unpaired) electrons. The molecule has 0 aliphatic carbocycles. The normalized spacial score (nSPS) is 25.5. The van der Waals surface area contributed by atoms with E-state index in [0.717, 1.165) is 5.56 Å². The van der Waals surface area contributed by atoms with E-state index in [2.05, 4.69) is 16.0 Å². The third-order valence-electron chi connectivity index (χ3n) is 4.48. The van der Waals surface area contributed by atoms with Crippen molar-refractivity contribution in [1.29, 1.82) is 0 Å². The van der Waals surface area contributed by atoms with Gasteiger partial charge in [-0.15, -0.1) is 0 Å². The number of nitrogens with one attached hydrogen (secondary N) is 3. The molecule has 25 heavy (non-hydrogen) atoms. The Morgan fingerprint density at radius 1 is 1.48 bits per heavy atom. The first kappa shape index (κ1) is 17.6. The molecule has 0 spiro atoms. The van der Waals surface area contributed by atoms with Crippen molar-refractivity contribution in [3.63, 3.8) is 0 Å². The van der Waals surface area contributed by atoms with Crippen LogP contribution in [0.1, 0.15) is 38.3 Å². The number of carbonyl (C=O) groups is 2. The van der Waals surface area contributed by atoms with E-state index < -0.39 is 36.9 Å². The van der Waals surface area contributed by atoms with E-state index in [4.69, 9.17) is 4.74 Å². The number of rotatable bonds is 4. The number of ether oxygens (including phenoxy) is 1. The van der Waals surface area contributed by atoms with Gasteiger partial charge in [0, 0.05) is 6.42 Å². The van der Waals surface area contributed by atoms with Crippen LogP contribution in [-0.2, 0) is 9.59 Å². The van der Waals surface area contributed by atoms with E-state index in [1.165, 1.54) is 0 Å². The average molecular weight is 353 g/mol. The van der Waals surface area contributed by atoms with Crippen molar-refractivity contribution in [2.75, 3.05) is 11.9 Å². The van der Waals surface area contributed by atoms with Crippen molar-refractivity contribution in [3.8, 4) is 5.75 Å². The van der Waals surface area contributed by atoms with Gasteiger partial charge in [0.05, 0.1) is 24.3 Å². The molecule has 2 amide bonds. The first-order chi connectivity index (χ1) is 11.8. The third kappa shape index (κ3) is 3.73. The van der Waals surface area contributed by atoms with Crippen LogP contribution in [0.15, 0.2) is 18.2 Å². The van der Waals surface area contributed by atoms with Crippen molar-refractivity contribution in [2.24, 2.45) is 0 Å².